The highest BCUT2D eigenvalue weighted by Gasteiger charge is 2.22. The Kier molecular flexibility index (Phi) is 5.97. The van der Waals surface area contributed by atoms with E-state index in [1.807, 2.05) is 61.5 Å². The van der Waals surface area contributed by atoms with Crippen LogP contribution in [0, 0.1) is 6.92 Å². The van der Waals surface area contributed by atoms with Crippen molar-refractivity contribution >= 4 is 34.5 Å². The van der Waals surface area contributed by atoms with Gasteiger partial charge in [-0.25, -0.2) is 4.98 Å². The molecule has 0 aliphatic carbocycles. The monoisotopic (exact) mass is 471 g/mol. The molecule has 1 aliphatic heterocycles. The van der Waals surface area contributed by atoms with Crippen molar-refractivity contribution in [1.82, 2.24) is 4.98 Å². The first kappa shape index (κ1) is 21.7. The van der Waals surface area contributed by atoms with Crippen molar-refractivity contribution in [1.29, 1.82) is 0 Å². The summed E-state index contributed by atoms with van der Waals surface area (Å²) in [5, 5.41) is 6.36. The molecule has 1 aliphatic rings. The molecule has 7 nitrogen and oxygen atoms in total. The number of anilines is 2. The van der Waals surface area contributed by atoms with Gasteiger partial charge in [0.05, 0.1) is 12.1 Å². The number of rotatable bonds is 6. The van der Waals surface area contributed by atoms with Gasteiger partial charge in [-0.15, -0.1) is 11.3 Å². The summed E-state index contributed by atoms with van der Waals surface area (Å²) < 4.78 is 10.7. The molecule has 2 heterocycles. The zero-order valence-electron chi connectivity index (χ0n) is 18.3. The van der Waals surface area contributed by atoms with E-state index in [-0.39, 0.29) is 25.0 Å². The average molecular weight is 472 g/mol. The summed E-state index contributed by atoms with van der Waals surface area (Å²) in [5.74, 6) is 0.726. The van der Waals surface area contributed by atoms with Crippen molar-refractivity contribution in [3.63, 3.8) is 0 Å². The summed E-state index contributed by atoms with van der Waals surface area (Å²) >= 11 is 1.21. The minimum atomic E-state index is -0.305. The van der Waals surface area contributed by atoms with Crippen molar-refractivity contribution in [2.45, 2.75) is 13.3 Å². The van der Waals surface area contributed by atoms with E-state index in [1.165, 1.54) is 11.3 Å². The van der Waals surface area contributed by atoms with Gasteiger partial charge in [-0.3, -0.25) is 9.59 Å². The third kappa shape index (κ3) is 4.77. The molecular weight excluding hydrogens is 450 g/mol. The number of amides is 2. The van der Waals surface area contributed by atoms with E-state index < -0.39 is 0 Å². The summed E-state index contributed by atoms with van der Waals surface area (Å²) in [5.41, 5.74) is 3.72. The smallest absolute Gasteiger partial charge is 0.268 e. The summed E-state index contributed by atoms with van der Waals surface area (Å²) in [6, 6.07) is 22.3. The Hall–Kier alpha value is -4.17. The van der Waals surface area contributed by atoms with Crippen LogP contribution in [0.1, 0.15) is 20.2 Å². The molecule has 2 N–H and O–H groups in total. The first-order chi connectivity index (χ1) is 16.5. The van der Waals surface area contributed by atoms with Crippen LogP contribution < -0.4 is 20.1 Å². The minimum Gasteiger partial charge on any atom is -0.454 e. The number of aromatic nitrogens is 1. The van der Waals surface area contributed by atoms with Crippen molar-refractivity contribution in [2.24, 2.45) is 0 Å². The van der Waals surface area contributed by atoms with E-state index in [0.29, 0.717) is 32.8 Å². The molecule has 0 unspecified atom stereocenters. The number of ether oxygens (including phenoxy) is 2. The fraction of sp³-hybridized carbons (Fsp3) is 0.115. The van der Waals surface area contributed by atoms with Crippen LogP contribution in [0.3, 0.4) is 0 Å². The Bertz CT molecular complexity index is 1370. The minimum absolute atomic E-state index is 0.0652. The first-order valence-corrected chi connectivity index (χ1v) is 11.5. The molecular formula is C26H21N3O4S. The van der Waals surface area contributed by atoms with Crippen LogP contribution in [-0.4, -0.2) is 23.6 Å². The highest BCUT2D eigenvalue weighted by atomic mass is 32.1. The van der Waals surface area contributed by atoms with E-state index in [1.54, 1.807) is 18.2 Å². The van der Waals surface area contributed by atoms with Crippen LogP contribution in [0.15, 0.2) is 72.8 Å². The van der Waals surface area contributed by atoms with Crippen molar-refractivity contribution in [3.05, 3.63) is 88.2 Å². The zero-order chi connectivity index (χ0) is 23.5. The second-order valence-corrected chi connectivity index (χ2v) is 8.85. The predicted molar refractivity (Wildman–Crippen MR) is 132 cm³/mol. The Balaban J connectivity index is 1.39. The van der Waals surface area contributed by atoms with Crippen LogP contribution in [0.4, 0.5) is 11.4 Å². The van der Waals surface area contributed by atoms with Gasteiger partial charge in [0.1, 0.15) is 9.88 Å². The number of benzene rings is 3. The summed E-state index contributed by atoms with van der Waals surface area (Å²) in [4.78, 5) is 31.0. The lowest BCUT2D eigenvalue weighted by Gasteiger charge is -2.06. The molecule has 0 saturated heterocycles. The number of fused-ring (bicyclic) bond motifs is 1. The van der Waals surface area contributed by atoms with Gasteiger partial charge in [0.2, 0.25) is 12.7 Å². The SMILES string of the molecule is Cc1cccc(NC(=O)Cc2nc(-c3ccccc3)c(C(=O)Nc3ccc4c(c3)OCO4)s2)c1. The topological polar surface area (TPSA) is 89.6 Å². The number of carbonyl (C=O) groups excluding carboxylic acids is 2. The Morgan fingerprint density at radius 2 is 1.71 bits per heavy atom. The number of hydrogen-bond donors (Lipinski definition) is 2. The quantitative estimate of drug-likeness (QED) is 0.399. The zero-order valence-corrected chi connectivity index (χ0v) is 19.1. The fourth-order valence-electron chi connectivity index (χ4n) is 3.61. The van der Waals surface area contributed by atoms with Gasteiger partial charge < -0.3 is 20.1 Å². The average Bonchev–Trinajstić information content (AvgIpc) is 3.46. The molecule has 3 aromatic carbocycles. The van der Waals surface area contributed by atoms with E-state index in [0.717, 1.165) is 16.8 Å². The largest absolute Gasteiger partial charge is 0.454 e. The highest BCUT2D eigenvalue weighted by Crippen LogP contribution is 2.35. The molecule has 0 bridgehead atoms. The van der Waals surface area contributed by atoms with E-state index in [2.05, 4.69) is 15.6 Å². The van der Waals surface area contributed by atoms with Crippen molar-refractivity contribution < 1.29 is 19.1 Å². The van der Waals surface area contributed by atoms with Crippen molar-refractivity contribution in [3.8, 4) is 22.8 Å². The molecule has 8 heteroatoms. The maximum atomic E-state index is 13.2. The van der Waals surface area contributed by atoms with Crippen LogP contribution in [0.25, 0.3) is 11.3 Å². The maximum Gasteiger partial charge on any atom is 0.268 e. The van der Waals surface area contributed by atoms with Gasteiger partial charge in [0, 0.05) is 23.0 Å². The van der Waals surface area contributed by atoms with Gasteiger partial charge in [-0.2, -0.15) is 0 Å². The normalized spacial score (nSPS) is 11.8. The molecule has 2 amide bonds. The second kappa shape index (κ2) is 9.36. The van der Waals surface area contributed by atoms with E-state index in [9.17, 15) is 9.59 Å². The molecule has 170 valence electrons. The summed E-state index contributed by atoms with van der Waals surface area (Å²) in [7, 11) is 0. The maximum absolute atomic E-state index is 13.2. The third-order valence-electron chi connectivity index (χ3n) is 5.17. The van der Waals surface area contributed by atoms with Gasteiger partial charge >= 0.3 is 0 Å². The third-order valence-corrected chi connectivity index (χ3v) is 6.22. The lowest BCUT2D eigenvalue weighted by Crippen LogP contribution is -2.14. The lowest BCUT2D eigenvalue weighted by atomic mass is 10.1. The molecule has 0 atom stereocenters. The number of thiazole rings is 1. The van der Waals surface area contributed by atoms with Crippen molar-refractivity contribution in [2.75, 3.05) is 17.4 Å². The molecule has 0 saturated carbocycles. The number of carbonyl (C=O) groups is 2. The molecule has 5 rings (SSSR count). The molecule has 0 spiro atoms. The van der Waals surface area contributed by atoms with Gasteiger partial charge in [0.25, 0.3) is 5.91 Å². The molecule has 4 aromatic rings. The summed E-state index contributed by atoms with van der Waals surface area (Å²) in [6.07, 6.45) is 0.0652. The number of hydrogen-bond acceptors (Lipinski definition) is 6. The number of nitrogens with one attached hydrogen (secondary N) is 2. The standard InChI is InChI=1S/C26H21N3O4S/c1-16-6-5-9-18(12-16)27-22(30)14-23-29-24(17-7-3-2-4-8-17)25(34-23)26(31)28-19-10-11-20-21(13-19)33-15-32-20/h2-13H,14-15H2,1H3,(H,27,30)(H,28,31). The van der Waals surface area contributed by atoms with E-state index >= 15 is 0 Å². The van der Waals surface area contributed by atoms with Crippen LogP contribution in [-0.2, 0) is 11.2 Å². The van der Waals surface area contributed by atoms with Crippen LogP contribution >= 0.6 is 11.3 Å². The van der Waals surface area contributed by atoms with Gasteiger partial charge in [0.15, 0.2) is 11.5 Å². The molecule has 1 aromatic heterocycles. The Labute approximate surface area is 200 Å². The Morgan fingerprint density at radius 3 is 2.53 bits per heavy atom. The number of aryl methyl sites for hydroxylation is 1. The fourth-order valence-corrected chi connectivity index (χ4v) is 4.59. The first-order valence-electron chi connectivity index (χ1n) is 10.7. The highest BCUT2D eigenvalue weighted by molar-refractivity contribution is 7.14. The Morgan fingerprint density at radius 1 is 0.912 bits per heavy atom. The van der Waals surface area contributed by atoms with Gasteiger partial charge in [-0.05, 0) is 36.8 Å². The predicted octanol–water partition coefficient (Wildman–Crippen LogP) is 5.28. The van der Waals surface area contributed by atoms with Crippen LogP contribution in [0.5, 0.6) is 11.5 Å². The second-order valence-electron chi connectivity index (χ2n) is 7.77. The van der Waals surface area contributed by atoms with Crippen LogP contribution in [0.2, 0.25) is 0 Å². The molecule has 0 fully saturated rings. The lowest BCUT2D eigenvalue weighted by molar-refractivity contribution is -0.115. The van der Waals surface area contributed by atoms with Gasteiger partial charge in [-0.1, -0.05) is 42.5 Å². The van der Waals surface area contributed by atoms with E-state index in [4.69, 9.17) is 9.47 Å². The molecule has 0 radical (unpaired) electrons. The summed E-state index contributed by atoms with van der Waals surface area (Å²) in [6.45, 7) is 2.13. The molecule has 34 heavy (non-hydrogen) atoms. The number of nitrogens with zero attached hydrogens (tertiary/aromatic N) is 1.